The third-order valence-corrected chi connectivity index (χ3v) is 2.91. The summed E-state index contributed by atoms with van der Waals surface area (Å²) in [5.74, 6) is 0.508. The monoisotopic (exact) mass is 316 g/mol. The Morgan fingerprint density at radius 3 is 2.83 bits per heavy atom. The van der Waals surface area contributed by atoms with Crippen LogP contribution >= 0.6 is 15.9 Å². The average Bonchev–Trinajstić information content (AvgIpc) is 2.30. The van der Waals surface area contributed by atoms with Crippen LogP contribution in [0.4, 0.5) is 5.69 Å². The number of nitrogens with one attached hydrogen (secondary N) is 1. The minimum Gasteiger partial charge on any atom is -0.492 e. The normalized spacial score (nSPS) is 10.7. The number of ether oxygens (including phenoxy) is 1. The van der Waals surface area contributed by atoms with Crippen LogP contribution in [0.1, 0.15) is 20.3 Å². The molecule has 1 aromatic rings. The van der Waals surface area contributed by atoms with Crippen molar-refractivity contribution in [3.63, 3.8) is 0 Å². The molecular formula is C12H17BrN2O3. The number of non-ortho nitro benzene ring substituents is 1. The van der Waals surface area contributed by atoms with E-state index in [1.807, 2.05) is 0 Å². The zero-order chi connectivity index (χ0) is 13.5. The molecule has 0 radical (unpaired) electrons. The van der Waals surface area contributed by atoms with E-state index in [2.05, 4.69) is 35.1 Å². The molecule has 0 aliphatic heterocycles. The third kappa shape index (κ3) is 5.01. The van der Waals surface area contributed by atoms with E-state index < -0.39 is 4.92 Å². The van der Waals surface area contributed by atoms with Crippen LogP contribution in [0.15, 0.2) is 22.7 Å². The van der Waals surface area contributed by atoms with E-state index in [0.29, 0.717) is 18.4 Å². The van der Waals surface area contributed by atoms with Crippen molar-refractivity contribution in [3.8, 4) is 5.75 Å². The quantitative estimate of drug-likeness (QED) is 0.477. The average molecular weight is 317 g/mol. The summed E-state index contributed by atoms with van der Waals surface area (Å²) in [7, 11) is 0. The fraction of sp³-hybridized carbons (Fsp3) is 0.500. The van der Waals surface area contributed by atoms with Crippen molar-refractivity contribution < 1.29 is 9.66 Å². The van der Waals surface area contributed by atoms with Gasteiger partial charge in [0.05, 0.1) is 22.1 Å². The number of hydrogen-bond acceptors (Lipinski definition) is 4. The standard InChI is InChI=1S/C12H17BrN2O3/c1-9(2)14-6-3-7-18-12-8-10(15(16)17)4-5-11(12)13/h4-5,8-9,14H,3,6-7H2,1-2H3. The highest BCUT2D eigenvalue weighted by molar-refractivity contribution is 9.10. The molecule has 1 aromatic carbocycles. The Morgan fingerprint density at radius 2 is 2.22 bits per heavy atom. The number of benzene rings is 1. The van der Waals surface area contributed by atoms with Crippen molar-refractivity contribution in [2.75, 3.05) is 13.2 Å². The van der Waals surface area contributed by atoms with Gasteiger partial charge in [0.1, 0.15) is 5.75 Å². The maximum Gasteiger partial charge on any atom is 0.273 e. The summed E-state index contributed by atoms with van der Waals surface area (Å²) in [5.41, 5.74) is 0.0357. The lowest BCUT2D eigenvalue weighted by atomic mass is 10.3. The van der Waals surface area contributed by atoms with Gasteiger partial charge in [-0.2, -0.15) is 0 Å². The van der Waals surface area contributed by atoms with E-state index in [-0.39, 0.29) is 5.69 Å². The van der Waals surface area contributed by atoms with Crippen molar-refractivity contribution in [1.82, 2.24) is 5.32 Å². The van der Waals surface area contributed by atoms with Crippen molar-refractivity contribution in [2.45, 2.75) is 26.3 Å². The second-order valence-corrected chi connectivity index (χ2v) is 5.04. The summed E-state index contributed by atoms with van der Waals surface area (Å²) >= 11 is 3.31. The van der Waals surface area contributed by atoms with Gasteiger partial charge in [0.15, 0.2) is 0 Å². The summed E-state index contributed by atoms with van der Waals surface area (Å²) in [6.07, 6.45) is 0.854. The molecule has 1 rings (SSSR count). The zero-order valence-electron chi connectivity index (χ0n) is 10.5. The summed E-state index contributed by atoms with van der Waals surface area (Å²) in [6, 6.07) is 4.95. The second kappa shape index (κ2) is 7.33. The molecule has 0 aromatic heterocycles. The SMILES string of the molecule is CC(C)NCCCOc1cc([N+](=O)[O-])ccc1Br. The van der Waals surface area contributed by atoms with E-state index in [0.717, 1.165) is 17.4 Å². The minimum atomic E-state index is -0.431. The van der Waals surface area contributed by atoms with Gasteiger partial charge in [0.2, 0.25) is 0 Å². The Labute approximate surface area is 115 Å². The highest BCUT2D eigenvalue weighted by Crippen LogP contribution is 2.29. The molecule has 0 aliphatic carbocycles. The number of rotatable bonds is 7. The second-order valence-electron chi connectivity index (χ2n) is 4.18. The maximum atomic E-state index is 10.6. The molecule has 0 amide bonds. The first kappa shape index (κ1) is 14.9. The fourth-order valence-corrected chi connectivity index (χ4v) is 1.72. The fourth-order valence-electron chi connectivity index (χ4n) is 1.36. The molecule has 6 heteroatoms. The van der Waals surface area contributed by atoms with Crippen LogP contribution in [0.5, 0.6) is 5.75 Å². The van der Waals surface area contributed by atoms with Crippen LogP contribution < -0.4 is 10.1 Å². The van der Waals surface area contributed by atoms with E-state index in [1.165, 1.54) is 12.1 Å². The van der Waals surface area contributed by atoms with E-state index >= 15 is 0 Å². The summed E-state index contributed by atoms with van der Waals surface area (Å²) in [4.78, 5) is 10.2. The Kier molecular flexibility index (Phi) is 6.07. The molecule has 0 atom stereocenters. The zero-order valence-corrected chi connectivity index (χ0v) is 12.1. The van der Waals surface area contributed by atoms with E-state index in [1.54, 1.807) is 6.07 Å². The van der Waals surface area contributed by atoms with Gasteiger partial charge in [-0.05, 0) is 35.0 Å². The lowest BCUT2D eigenvalue weighted by molar-refractivity contribution is -0.385. The highest BCUT2D eigenvalue weighted by Gasteiger charge is 2.10. The van der Waals surface area contributed by atoms with Gasteiger partial charge >= 0.3 is 0 Å². The first-order valence-corrected chi connectivity index (χ1v) is 6.60. The van der Waals surface area contributed by atoms with Gasteiger partial charge < -0.3 is 10.1 Å². The predicted molar refractivity (Wildman–Crippen MR) is 74.0 cm³/mol. The van der Waals surface area contributed by atoms with E-state index in [4.69, 9.17) is 4.74 Å². The molecule has 0 fully saturated rings. The number of hydrogen-bond donors (Lipinski definition) is 1. The number of nitro benzene ring substituents is 1. The largest absolute Gasteiger partial charge is 0.492 e. The maximum absolute atomic E-state index is 10.6. The molecule has 18 heavy (non-hydrogen) atoms. The van der Waals surface area contributed by atoms with Crippen molar-refractivity contribution in [2.24, 2.45) is 0 Å². The molecule has 100 valence electrons. The van der Waals surface area contributed by atoms with Gasteiger partial charge in [0.25, 0.3) is 5.69 Å². The van der Waals surface area contributed by atoms with Gasteiger partial charge in [-0.3, -0.25) is 10.1 Å². The predicted octanol–water partition coefficient (Wildman–Crippen LogP) is 3.12. The van der Waals surface area contributed by atoms with Crippen molar-refractivity contribution >= 4 is 21.6 Å². The molecule has 0 saturated heterocycles. The van der Waals surface area contributed by atoms with Crippen LogP contribution in [-0.2, 0) is 0 Å². The number of nitro groups is 1. The van der Waals surface area contributed by atoms with Crippen LogP contribution in [0.3, 0.4) is 0 Å². The molecule has 0 aliphatic rings. The van der Waals surface area contributed by atoms with Gasteiger partial charge in [-0.25, -0.2) is 0 Å². The lowest BCUT2D eigenvalue weighted by Crippen LogP contribution is -2.24. The summed E-state index contributed by atoms with van der Waals surface area (Å²) in [5, 5.41) is 13.9. The van der Waals surface area contributed by atoms with Gasteiger partial charge in [-0.1, -0.05) is 13.8 Å². The smallest absolute Gasteiger partial charge is 0.273 e. The third-order valence-electron chi connectivity index (χ3n) is 2.26. The molecular weight excluding hydrogens is 300 g/mol. The first-order chi connectivity index (χ1) is 8.50. The number of nitrogens with zero attached hydrogens (tertiary/aromatic N) is 1. The van der Waals surface area contributed by atoms with Crippen LogP contribution in [0.2, 0.25) is 0 Å². The molecule has 0 unspecified atom stereocenters. The first-order valence-electron chi connectivity index (χ1n) is 5.81. The van der Waals surface area contributed by atoms with Crippen molar-refractivity contribution in [1.29, 1.82) is 0 Å². The molecule has 0 bridgehead atoms. The number of halogens is 1. The van der Waals surface area contributed by atoms with Gasteiger partial charge in [0, 0.05) is 12.1 Å². The van der Waals surface area contributed by atoms with E-state index in [9.17, 15) is 10.1 Å². The lowest BCUT2D eigenvalue weighted by Gasteiger charge is -2.10. The molecule has 0 heterocycles. The Balaban J connectivity index is 2.46. The van der Waals surface area contributed by atoms with Crippen LogP contribution in [-0.4, -0.2) is 24.1 Å². The molecule has 0 saturated carbocycles. The van der Waals surface area contributed by atoms with Crippen LogP contribution in [0.25, 0.3) is 0 Å². The Hall–Kier alpha value is -1.14. The highest BCUT2D eigenvalue weighted by atomic mass is 79.9. The van der Waals surface area contributed by atoms with Crippen LogP contribution in [0, 0.1) is 10.1 Å². The molecule has 5 nitrogen and oxygen atoms in total. The summed E-state index contributed by atoms with van der Waals surface area (Å²) < 4.78 is 6.24. The molecule has 1 N–H and O–H groups in total. The minimum absolute atomic E-state index is 0.0357. The Morgan fingerprint density at radius 1 is 1.50 bits per heavy atom. The molecule has 0 spiro atoms. The van der Waals surface area contributed by atoms with Gasteiger partial charge in [-0.15, -0.1) is 0 Å². The summed E-state index contributed by atoms with van der Waals surface area (Å²) in [6.45, 7) is 5.56. The van der Waals surface area contributed by atoms with Crippen molar-refractivity contribution in [3.05, 3.63) is 32.8 Å². The Bertz CT molecular complexity index is 410. The topological polar surface area (TPSA) is 64.4 Å².